The molecular weight excluding hydrogens is 202 g/mol. The van der Waals surface area contributed by atoms with Crippen molar-refractivity contribution in [3.63, 3.8) is 0 Å². The predicted molar refractivity (Wildman–Crippen MR) is 65.3 cm³/mol. The van der Waals surface area contributed by atoms with Crippen LogP contribution in [0.5, 0.6) is 0 Å². The van der Waals surface area contributed by atoms with E-state index >= 15 is 0 Å². The van der Waals surface area contributed by atoms with E-state index in [1.807, 2.05) is 26.8 Å². The third-order valence-corrected chi connectivity index (χ3v) is 2.81. The highest BCUT2D eigenvalue weighted by Crippen LogP contribution is 2.24. The number of piperidine rings is 1. The minimum atomic E-state index is -0.425. The number of hydrogen-bond donors (Lipinski definition) is 0. The normalized spacial score (nSPS) is 26.4. The first-order chi connectivity index (χ1) is 7.33. The van der Waals surface area contributed by atoms with Crippen LogP contribution in [-0.2, 0) is 4.74 Å². The van der Waals surface area contributed by atoms with E-state index in [4.69, 9.17) is 4.74 Å². The third kappa shape index (κ3) is 3.54. The highest BCUT2D eigenvalue weighted by molar-refractivity contribution is 5.69. The van der Waals surface area contributed by atoms with Gasteiger partial charge in [0.15, 0.2) is 0 Å². The van der Waals surface area contributed by atoms with Crippen LogP contribution in [0.4, 0.5) is 4.79 Å². The number of amides is 1. The van der Waals surface area contributed by atoms with Crippen LogP contribution in [-0.4, -0.2) is 29.2 Å². The zero-order chi connectivity index (χ0) is 12.3. The molecule has 1 rings (SSSR count). The van der Waals surface area contributed by atoms with Crippen molar-refractivity contribution < 1.29 is 9.53 Å². The molecule has 1 amide bonds. The summed E-state index contributed by atoms with van der Waals surface area (Å²) in [4.78, 5) is 13.7. The number of ether oxygens (including phenoxy) is 1. The zero-order valence-electron chi connectivity index (χ0n) is 10.8. The van der Waals surface area contributed by atoms with Crippen LogP contribution >= 0.6 is 0 Å². The van der Waals surface area contributed by atoms with Gasteiger partial charge in [0.05, 0.1) is 6.04 Å². The number of hydrogen-bond acceptors (Lipinski definition) is 2. The molecule has 1 aliphatic heterocycles. The molecule has 0 spiro atoms. The number of likely N-dealkylation sites (tertiary alicyclic amines) is 1. The van der Waals surface area contributed by atoms with E-state index in [9.17, 15) is 4.79 Å². The first-order valence-electron chi connectivity index (χ1n) is 5.95. The van der Waals surface area contributed by atoms with Gasteiger partial charge in [-0.3, -0.25) is 0 Å². The Morgan fingerprint density at radius 1 is 1.50 bits per heavy atom. The van der Waals surface area contributed by atoms with E-state index in [0.717, 1.165) is 19.4 Å². The molecule has 0 radical (unpaired) electrons. The minimum absolute atomic E-state index is 0.124. The van der Waals surface area contributed by atoms with E-state index in [1.165, 1.54) is 0 Å². The number of nitrogens with zero attached hydrogens (tertiary/aromatic N) is 1. The predicted octanol–water partition coefficient (Wildman–Crippen LogP) is 3.21. The van der Waals surface area contributed by atoms with Crippen molar-refractivity contribution in [3.8, 4) is 0 Å². The van der Waals surface area contributed by atoms with Gasteiger partial charge in [0.2, 0.25) is 0 Å². The highest BCUT2D eigenvalue weighted by Gasteiger charge is 2.30. The summed E-state index contributed by atoms with van der Waals surface area (Å²) in [5.74, 6) is 0.654. The van der Waals surface area contributed by atoms with Gasteiger partial charge in [0.1, 0.15) is 5.60 Å². The lowest BCUT2D eigenvalue weighted by Crippen LogP contribution is -2.46. The first kappa shape index (κ1) is 13.1. The lowest BCUT2D eigenvalue weighted by molar-refractivity contribution is 0.0114. The fourth-order valence-corrected chi connectivity index (χ4v) is 1.95. The van der Waals surface area contributed by atoms with Gasteiger partial charge in [-0.1, -0.05) is 13.0 Å². The molecule has 16 heavy (non-hydrogen) atoms. The third-order valence-electron chi connectivity index (χ3n) is 2.81. The monoisotopic (exact) mass is 225 g/mol. The minimum Gasteiger partial charge on any atom is -0.444 e. The largest absolute Gasteiger partial charge is 0.444 e. The Morgan fingerprint density at radius 2 is 2.12 bits per heavy atom. The second kappa shape index (κ2) is 4.89. The molecule has 0 aromatic carbocycles. The van der Waals surface area contributed by atoms with E-state index in [-0.39, 0.29) is 12.1 Å². The summed E-state index contributed by atoms with van der Waals surface area (Å²) in [6.07, 6.45) is 3.66. The van der Waals surface area contributed by atoms with Crippen molar-refractivity contribution in [1.29, 1.82) is 0 Å². The maximum Gasteiger partial charge on any atom is 0.410 e. The molecule has 2 atom stereocenters. The Labute approximate surface area is 98.5 Å². The van der Waals surface area contributed by atoms with Crippen molar-refractivity contribution in [1.82, 2.24) is 4.90 Å². The first-order valence-corrected chi connectivity index (χ1v) is 5.95. The SMILES string of the molecule is C=C[C@@H]1C[C@H](C)CCN1C(=O)OC(C)(C)C. The summed E-state index contributed by atoms with van der Waals surface area (Å²) in [7, 11) is 0. The van der Waals surface area contributed by atoms with Gasteiger partial charge in [-0.25, -0.2) is 4.79 Å². The molecule has 3 heteroatoms. The van der Waals surface area contributed by atoms with Gasteiger partial charge < -0.3 is 9.64 Å². The van der Waals surface area contributed by atoms with Crippen molar-refractivity contribution in [2.24, 2.45) is 5.92 Å². The molecule has 0 aromatic heterocycles. The molecule has 0 bridgehead atoms. The molecule has 0 N–H and O–H groups in total. The molecule has 0 aromatic rings. The molecule has 0 saturated carbocycles. The fraction of sp³-hybridized carbons (Fsp3) is 0.769. The molecule has 1 heterocycles. The Balaban J connectivity index is 2.64. The quantitative estimate of drug-likeness (QED) is 0.641. The molecule has 0 unspecified atom stereocenters. The number of rotatable bonds is 1. The van der Waals surface area contributed by atoms with Crippen molar-refractivity contribution in [2.75, 3.05) is 6.54 Å². The van der Waals surface area contributed by atoms with Crippen molar-refractivity contribution >= 4 is 6.09 Å². The maximum absolute atomic E-state index is 11.9. The van der Waals surface area contributed by atoms with Crippen LogP contribution in [0.15, 0.2) is 12.7 Å². The maximum atomic E-state index is 11.9. The van der Waals surface area contributed by atoms with E-state index in [2.05, 4.69) is 13.5 Å². The van der Waals surface area contributed by atoms with Crippen molar-refractivity contribution in [2.45, 2.75) is 52.2 Å². The van der Waals surface area contributed by atoms with Crippen LogP contribution in [0.1, 0.15) is 40.5 Å². The topological polar surface area (TPSA) is 29.5 Å². The van der Waals surface area contributed by atoms with Gasteiger partial charge in [-0.05, 0) is 39.5 Å². The summed E-state index contributed by atoms with van der Waals surface area (Å²) < 4.78 is 5.38. The summed E-state index contributed by atoms with van der Waals surface area (Å²) in [5, 5.41) is 0. The van der Waals surface area contributed by atoms with Gasteiger partial charge in [-0.15, -0.1) is 6.58 Å². The smallest absolute Gasteiger partial charge is 0.410 e. The van der Waals surface area contributed by atoms with Crippen molar-refractivity contribution in [3.05, 3.63) is 12.7 Å². The number of carbonyl (C=O) groups is 1. The second-order valence-electron chi connectivity index (χ2n) is 5.61. The highest BCUT2D eigenvalue weighted by atomic mass is 16.6. The van der Waals surface area contributed by atoms with E-state index in [0.29, 0.717) is 5.92 Å². The summed E-state index contributed by atoms with van der Waals surface area (Å²) in [6, 6.07) is 0.124. The lowest BCUT2D eigenvalue weighted by Gasteiger charge is -2.37. The van der Waals surface area contributed by atoms with E-state index in [1.54, 1.807) is 4.90 Å². The Kier molecular flexibility index (Phi) is 4.00. The Morgan fingerprint density at radius 3 is 2.62 bits per heavy atom. The average Bonchev–Trinajstić information content (AvgIpc) is 2.14. The lowest BCUT2D eigenvalue weighted by atomic mass is 9.93. The molecule has 1 aliphatic rings. The molecule has 1 fully saturated rings. The molecule has 3 nitrogen and oxygen atoms in total. The standard InChI is InChI=1S/C13H23NO2/c1-6-11-9-10(2)7-8-14(11)12(15)16-13(3,4)5/h6,10-11H,1,7-9H2,2-5H3/t10-,11-/m1/s1. The molecular formula is C13H23NO2. The van der Waals surface area contributed by atoms with Crippen LogP contribution in [0.25, 0.3) is 0 Å². The molecule has 92 valence electrons. The summed E-state index contributed by atoms with van der Waals surface area (Å²) in [5.41, 5.74) is -0.425. The van der Waals surface area contributed by atoms with Crippen LogP contribution < -0.4 is 0 Å². The van der Waals surface area contributed by atoms with Crippen LogP contribution in [0.2, 0.25) is 0 Å². The van der Waals surface area contributed by atoms with Crippen LogP contribution in [0.3, 0.4) is 0 Å². The van der Waals surface area contributed by atoms with Gasteiger partial charge >= 0.3 is 6.09 Å². The second-order valence-corrected chi connectivity index (χ2v) is 5.61. The summed E-state index contributed by atoms with van der Waals surface area (Å²) in [6.45, 7) is 12.4. The van der Waals surface area contributed by atoms with Crippen LogP contribution in [0, 0.1) is 5.92 Å². The average molecular weight is 225 g/mol. The van der Waals surface area contributed by atoms with Gasteiger partial charge in [0.25, 0.3) is 0 Å². The van der Waals surface area contributed by atoms with E-state index < -0.39 is 5.60 Å². The molecule has 0 aliphatic carbocycles. The van der Waals surface area contributed by atoms with Gasteiger partial charge in [0, 0.05) is 6.54 Å². The fourth-order valence-electron chi connectivity index (χ4n) is 1.95. The molecule has 1 saturated heterocycles. The Bertz CT molecular complexity index is 268. The Hall–Kier alpha value is -0.990. The number of carbonyl (C=O) groups excluding carboxylic acids is 1. The summed E-state index contributed by atoms with van der Waals surface area (Å²) >= 11 is 0. The van der Waals surface area contributed by atoms with Gasteiger partial charge in [-0.2, -0.15) is 0 Å². The zero-order valence-corrected chi connectivity index (χ0v) is 10.8.